The van der Waals surface area contributed by atoms with Crippen LogP contribution < -0.4 is 14.4 Å². The van der Waals surface area contributed by atoms with Gasteiger partial charge in [-0.15, -0.1) is 0 Å². The van der Waals surface area contributed by atoms with E-state index >= 15 is 0 Å². The Morgan fingerprint density at radius 3 is 1.92 bits per heavy atom. The van der Waals surface area contributed by atoms with Gasteiger partial charge in [-0.1, -0.05) is 72.8 Å². The molecule has 2 atom stereocenters. The normalized spacial score (nSPS) is 12.8. The summed E-state index contributed by atoms with van der Waals surface area (Å²) in [5.74, 6) is 0.822. The minimum atomic E-state index is -3.78. The summed E-state index contributed by atoms with van der Waals surface area (Å²) in [5, 5.41) is 3.09. The molecular weight excluding hydrogens is 484 g/mol. The second kappa shape index (κ2) is 11.3. The summed E-state index contributed by atoms with van der Waals surface area (Å²) in [6.45, 7) is 3.58. The van der Waals surface area contributed by atoms with Crippen molar-refractivity contribution in [2.45, 2.75) is 25.9 Å². The Morgan fingerprint density at radius 2 is 1.32 bits per heavy atom. The van der Waals surface area contributed by atoms with Gasteiger partial charge in [-0.3, -0.25) is 9.10 Å². The zero-order chi connectivity index (χ0) is 26.4. The molecule has 0 spiro atoms. The summed E-state index contributed by atoms with van der Waals surface area (Å²) in [6.07, 6.45) is 1.10. The SMILES string of the molecule is Cc1ccccc1[C@H](NC(=O)[C@H](C)N(c1ccc(Oc2ccccc2)cc1)S(C)(=O)=O)c1ccccc1. The zero-order valence-electron chi connectivity index (χ0n) is 21.0. The molecule has 4 aromatic carbocycles. The fourth-order valence-electron chi connectivity index (χ4n) is 4.25. The minimum Gasteiger partial charge on any atom is -0.457 e. The molecule has 7 heteroatoms. The molecule has 0 aromatic heterocycles. The number of ether oxygens (including phenoxy) is 1. The van der Waals surface area contributed by atoms with E-state index in [1.54, 1.807) is 31.2 Å². The molecule has 6 nitrogen and oxygen atoms in total. The average Bonchev–Trinajstić information content (AvgIpc) is 2.89. The van der Waals surface area contributed by atoms with Crippen molar-refractivity contribution in [1.29, 1.82) is 0 Å². The monoisotopic (exact) mass is 514 g/mol. The Morgan fingerprint density at radius 1 is 0.784 bits per heavy atom. The van der Waals surface area contributed by atoms with Crippen LogP contribution in [-0.2, 0) is 14.8 Å². The summed E-state index contributed by atoms with van der Waals surface area (Å²) in [7, 11) is -3.78. The van der Waals surface area contributed by atoms with Gasteiger partial charge in [0.05, 0.1) is 18.0 Å². The van der Waals surface area contributed by atoms with Gasteiger partial charge >= 0.3 is 0 Å². The highest BCUT2D eigenvalue weighted by atomic mass is 32.2. The third kappa shape index (κ3) is 6.37. The standard InChI is InChI=1S/C30H30N2O4S/c1-22-12-10-11-17-28(22)29(24-13-6-4-7-14-24)31-30(33)23(2)32(37(3,34)35)25-18-20-27(21-19-25)36-26-15-8-5-9-16-26/h4-21,23,29H,1-3H3,(H,31,33)/t23-,29+/m0/s1. The van der Waals surface area contributed by atoms with E-state index in [-0.39, 0.29) is 0 Å². The average molecular weight is 515 g/mol. The predicted octanol–water partition coefficient (Wildman–Crippen LogP) is 5.85. The van der Waals surface area contributed by atoms with E-state index in [9.17, 15) is 13.2 Å². The topological polar surface area (TPSA) is 75.7 Å². The molecule has 0 saturated carbocycles. The maximum absolute atomic E-state index is 13.5. The van der Waals surface area contributed by atoms with E-state index in [1.807, 2.05) is 91.9 Å². The Hall–Kier alpha value is -4.10. The van der Waals surface area contributed by atoms with Crippen LogP contribution in [0.2, 0.25) is 0 Å². The first-order chi connectivity index (χ1) is 17.7. The molecule has 4 aromatic rings. The highest BCUT2D eigenvalue weighted by molar-refractivity contribution is 7.92. The molecule has 0 aliphatic carbocycles. The molecule has 0 heterocycles. The van der Waals surface area contributed by atoms with Crippen molar-refractivity contribution >= 4 is 21.6 Å². The van der Waals surface area contributed by atoms with Crippen LogP contribution in [0.4, 0.5) is 5.69 Å². The van der Waals surface area contributed by atoms with Crippen LogP contribution in [0, 0.1) is 6.92 Å². The highest BCUT2D eigenvalue weighted by Crippen LogP contribution is 2.29. The smallest absolute Gasteiger partial charge is 0.244 e. The molecule has 37 heavy (non-hydrogen) atoms. The van der Waals surface area contributed by atoms with Gasteiger partial charge in [-0.2, -0.15) is 0 Å². The maximum atomic E-state index is 13.5. The molecule has 190 valence electrons. The third-order valence-electron chi connectivity index (χ3n) is 6.08. The molecule has 0 radical (unpaired) electrons. The van der Waals surface area contributed by atoms with Crippen molar-refractivity contribution in [3.63, 3.8) is 0 Å². The van der Waals surface area contributed by atoms with E-state index < -0.39 is 28.0 Å². The molecule has 0 aliphatic heterocycles. The van der Waals surface area contributed by atoms with E-state index in [1.165, 1.54) is 0 Å². The number of rotatable bonds is 9. The van der Waals surface area contributed by atoms with Gasteiger partial charge in [0.25, 0.3) is 0 Å². The van der Waals surface area contributed by atoms with Crippen molar-refractivity contribution in [2.75, 3.05) is 10.6 Å². The quantitative estimate of drug-likeness (QED) is 0.304. The Bertz CT molecular complexity index is 1440. The van der Waals surface area contributed by atoms with E-state index in [2.05, 4.69) is 5.32 Å². The van der Waals surface area contributed by atoms with Crippen LogP contribution >= 0.6 is 0 Å². The number of para-hydroxylation sites is 1. The third-order valence-corrected chi connectivity index (χ3v) is 7.32. The van der Waals surface area contributed by atoms with Gasteiger partial charge in [0.1, 0.15) is 17.5 Å². The molecule has 1 amide bonds. The molecule has 0 aliphatic rings. The van der Waals surface area contributed by atoms with Gasteiger partial charge in [0, 0.05) is 0 Å². The molecule has 1 N–H and O–H groups in total. The van der Waals surface area contributed by atoms with Gasteiger partial charge in [0.2, 0.25) is 15.9 Å². The van der Waals surface area contributed by atoms with Gasteiger partial charge in [-0.25, -0.2) is 8.42 Å². The van der Waals surface area contributed by atoms with Crippen molar-refractivity contribution in [3.8, 4) is 11.5 Å². The van der Waals surface area contributed by atoms with Crippen molar-refractivity contribution < 1.29 is 17.9 Å². The lowest BCUT2D eigenvalue weighted by Crippen LogP contribution is -2.48. The van der Waals surface area contributed by atoms with Crippen molar-refractivity contribution in [2.24, 2.45) is 0 Å². The number of benzene rings is 4. The Balaban J connectivity index is 1.60. The number of hydrogen-bond acceptors (Lipinski definition) is 4. The number of carbonyl (C=O) groups is 1. The van der Waals surface area contributed by atoms with E-state index in [4.69, 9.17) is 4.74 Å². The predicted molar refractivity (Wildman–Crippen MR) is 147 cm³/mol. The Kier molecular flexibility index (Phi) is 7.94. The fourth-order valence-corrected chi connectivity index (χ4v) is 5.43. The molecule has 0 unspecified atom stereocenters. The number of anilines is 1. The first-order valence-electron chi connectivity index (χ1n) is 12.0. The van der Waals surface area contributed by atoms with E-state index in [0.717, 1.165) is 27.3 Å². The number of hydrogen-bond donors (Lipinski definition) is 1. The first-order valence-corrected chi connectivity index (χ1v) is 13.8. The lowest BCUT2D eigenvalue weighted by molar-refractivity contribution is -0.122. The van der Waals surface area contributed by atoms with Crippen LogP contribution in [0.25, 0.3) is 0 Å². The largest absolute Gasteiger partial charge is 0.457 e. The van der Waals surface area contributed by atoms with Crippen LogP contribution in [0.15, 0.2) is 109 Å². The molecule has 0 bridgehead atoms. The second-order valence-electron chi connectivity index (χ2n) is 8.85. The number of sulfonamides is 1. The fraction of sp³-hybridized carbons (Fsp3) is 0.167. The summed E-state index contributed by atoms with van der Waals surface area (Å²) in [6, 6.07) is 32.0. The second-order valence-corrected chi connectivity index (χ2v) is 10.7. The number of aryl methyl sites for hydroxylation is 1. The van der Waals surface area contributed by atoms with Crippen LogP contribution in [-0.4, -0.2) is 26.6 Å². The zero-order valence-corrected chi connectivity index (χ0v) is 21.9. The van der Waals surface area contributed by atoms with Crippen molar-refractivity contribution in [1.82, 2.24) is 5.32 Å². The molecular formula is C30H30N2O4S. The van der Waals surface area contributed by atoms with Crippen LogP contribution in [0.1, 0.15) is 29.7 Å². The summed E-state index contributed by atoms with van der Waals surface area (Å²) < 4.78 is 32.7. The number of nitrogens with one attached hydrogen (secondary N) is 1. The van der Waals surface area contributed by atoms with Gasteiger partial charge < -0.3 is 10.1 Å². The first kappa shape index (κ1) is 26.0. The molecule has 4 rings (SSSR count). The lowest BCUT2D eigenvalue weighted by Gasteiger charge is -2.30. The number of nitrogens with zero attached hydrogens (tertiary/aromatic N) is 1. The van der Waals surface area contributed by atoms with Gasteiger partial charge in [-0.05, 0) is 66.9 Å². The molecule has 0 saturated heterocycles. The summed E-state index contributed by atoms with van der Waals surface area (Å²) in [5.41, 5.74) is 3.25. The number of carbonyl (C=O) groups excluding carboxylic acids is 1. The molecule has 0 fully saturated rings. The van der Waals surface area contributed by atoms with Gasteiger partial charge in [0.15, 0.2) is 0 Å². The number of amides is 1. The highest BCUT2D eigenvalue weighted by Gasteiger charge is 2.31. The Labute approximate surface area is 218 Å². The van der Waals surface area contributed by atoms with Crippen molar-refractivity contribution in [3.05, 3.63) is 126 Å². The summed E-state index contributed by atoms with van der Waals surface area (Å²) in [4.78, 5) is 13.5. The van der Waals surface area contributed by atoms with Crippen LogP contribution in [0.3, 0.4) is 0 Å². The minimum absolute atomic E-state index is 0.373. The van der Waals surface area contributed by atoms with Crippen LogP contribution in [0.5, 0.6) is 11.5 Å². The lowest BCUT2D eigenvalue weighted by atomic mass is 9.94. The van der Waals surface area contributed by atoms with E-state index in [0.29, 0.717) is 17.2 Å². The maximum Gasteiger partial charge on any atom is 0.244 e. The summed E-state index contributed by atoms with van der Waals surface area (Å²) >= 11 is 0.